The van der Waals surface area contributed by atoms with Crippen LogP contribution in [0, 0.1) is 5.92 Å². The molecule has 0 heterocycles. The molecule has 0 bridgehead atoms. The maximum absolute atomic E-state index is 12.2. The number of hydrogen-bond acceptors (Lipinski definition) is 3. The molecule has 21 heavy (non-hydrogen) atoms. The fourth-order valence-electron chi connectivity index (χ4n) is 2.71. The van der Waals surface area contributed by atoms with Gasteiger partial charge in [0.1, 0.15) is 0 Å². The highest BCUT2D eigenvalue weighted by molar-refractivity contribution is 5.82. The minimum atomic E-state index is -0.860. The van der Waals surface area contributed by atoms with E-state index in [0.29, 0.717) is 11.8 Å². The number of likely N-dealkylation sites (N-methyl/N-ethyl adjacent to an activating group) is 1. The second-order valence-electron chi connectivity index (χ2n) is 6.33. The number of benzene rings is 1. The largest absolute Gasteiger partial charge is 0.394 e. The van der Waals surface area contributed by atoms with E-state index < -0.39 is 6.10 Å². The number of rotatable bonds is 6. The molecule has 0 saturated heterocycles. The summed E-state index contributed by atoms with van der Waals surface area (Å²) in [7, 11) is 1.68. The van der Waals surface area contributed by atoms with E-state index in [0.717, 1.165) is 6.42 Å². The van der Waals surface area contributed by atoms with Crippen molar-refractivity contribution in [2.45, 2.75) is 38.2 Å². The summed E-state index contributed by atoms with van der Waals surface area (Å²) in [5.74, 6) is 0.889. The Labute approximate surface area is 126 Å². The third-order valence-electron chi connectivity index (χ3n) is 4.21. The molecule has 2 N–H and O–H groups in total. The first-order valence-electron chi connectivity index (χ1n) is 7.57. The van der Waals surface area contributed by atoms with Gasteiger partial charge in [0, 0.05) is 19.5 Å². The van der Waals surface area contributed by atoms with Gasteiger partial charge in [-0.25, -0.2) is 0 Å². The SMILES string of the molecule is CC(C)c1ccc([C@@H]2C[C@H]2C(=O)N(C)C[C@H](O)CO)cc1. The summed E-state index contributed by atoms with van der Waals surface area (Å²) in [4.78, 5) is 13.8. The van der Waals surface area contributed by atoms with Crippen molar-refractivity contribution in [2.24, 2.45) is 5.92 Å². The predicted molar refractivity (Wildman–Crippen MR) is 82.1 cm³/mol. The van der Waals surface area contributed by atoms with E-state index in [-0.39, 0.29) is 25.0 Å². The van der Waals surface area contributed by atoms with Crippen molar-refractivity contribution in [1.29, 1.82) is 0 Å². The van der Waals surface area contributed by atoms with Gasteiger partial charge in [0.2, 0.25) is 5.91 Å². The number of nitrogens with zero attached hydrogens (tertiary/aromatic N) is 1. The van der Waals surface area contributed by atoms with Crippen molar-refractivity contribution < 1.29 is 15.0 Å². The third kappa shape index (κ3) is 3.83. The van der Waals surface area contributed by atoms with Crippen LogP contribution in [0.2, 0.25) is 0 Å². The number of hydrogen-bond donors (Lipinski definition) is 2. The van der Waals surface area contributed by atoms with E-state index in [4.69, 9.17) is 5.11 Å². The molecule has 0 spiro atoms. The smallest absolute Gasteiger partial charge is 0.226 e. The first-order valence-corrected chi connectivity index (χ1v) is 7.57. The van der Waals surface area contributed by atoms with Crippen molar-refractivity contribution in [3.63, 3.8) is 0 Å². The summed E-state index contributed by atoms with van der Waals surface area (Å²) < 4.78 is 0. The van der Waals surface area contributed by atoms with Crippen LogP contribution in [0.3, 0.4) is 0 Å². The number of aliphatic hydroxyl groups is 2. The van der Waals surface area contributed by atoms with Gasteiger partial charge in [0.15, 0.2) is 0 Å². The molecule has 1 aliphatic rings. The van der Waals surface area contributed by atoms with E-state index in [9.17, 15) is 9.90 Å². The molecule has 1 aromatic carbocycles. The monoisotopic (exact) mass is 291 g/mol. The molecule has 2 rings (SSSR count). The minimum absolute atomic E-state index is 0.0193. The Hall–Kier alpha value is -1.39. The average molecular weight is 291 g/mol. The molecular weight excluding hydrogens is 266 g/mol. The van der Waals surface area contributed by atoms with Crippen LogP contribution in [0.15, 0.2) is 24.3 Å². The Morgan fingerprint density at radius 2 is 1.95 bits per heavy atom. The molecule has 1 aliphatic carbocycles. The van der Waals surface area contributed by atoms with Gasteiger partial charge in [-0.15, -0.1) is 0 Å². The standard InChI is InChI=1S/C17H25NO3/c1-11(2)12-4-6-13(7-5-12)15-8-16(15)17(21)18(3)9-14(20)10-19/h4-7,11,14-16,19-20H,8-10H2,1-3H3/t14-,15-,16+/m0/s1. The first kappa shape index (κ1) is 16.0. The molecule has 1 fully saturated rings. The van der Waals surface area contributed by atoms with Crippen molar-refractivity contribution >= 4 is 5.91 Å². The number of carbonyl (C=O) groups excluding carboxylic acids is 1. The van der Waals surface area contributed by atoms with Gasteiger partial charge < -0.3 is 15.1 Å². The summed E-state index contributed by atoms with van der Waals surface area (Å²) in [6, 6.07) is 8.52. The van der Waals surface area contributed by atoms with Crippen LogP contribution in [0.5, 0.6) is 0 Å². The van der Waals surface area contributed by atoms with Gasteiger partial charge in [0.25, 0.3) is 0 Å². The van der Waals surface area contributed by atoms with E-state index in [1.165, 1.54) is 16.0 Å². The van der Waals surface area contributed by atoms with E-state index in [1.54, 1.807) is 7.05 Å². The molecule has 0 aromatic heterocycles. The van der Waals surface area contributed by atoms with Crippen LogP contribution in [-0.2, 0) is 4.79 Å². The lowest BCUT2D eigenvalue weighted by atomic mass is 10.00. The lowest BCUT2D eigenvalue weighted by Crippen LogP contribution is -2.36. The van der Waals surface area contributed by atoms with Crippen LogP contribution < -0.4 is 0 Å². The van der Waals surface area contributed by atoms with Gasteiger partial charge in [-0.3, -0.25) is 4.79 Å². The molecule has 4 heteroatoms. The van der Waals surface area contributed by atoms with Gasteiger partial charge in [-0.2, -0.15) is 0 Å². The lowest BCUT2D eigenvalue weighted by Gasteiger charge is -2.19. The molecule has 1 aromatic rings. The fourth-order valence-corrected chi connectivity index (χ4v) is 2.71. The second-order valence-corrected chi connectivity index (χ2v) is 6.33. The molecule has 1 saturated carbocycles. The quantitative estimate of drug-likeness (QED) is 0.839. The zero-order valence-electron chi connectivity index (χ0n) is 13.0. The molecule has 1 amide bonds. The highest BCUT2D eigenvalue weighted by atomic mass is 16.3. The van der Waals surface area contributed by atoms with E-state index in [2.05, 4.69) is 38.1 Å². The summed E-state index contributed by atoms with van der Waals surface area (Å²) in [6.07, 6.45) is 0.0147. The molecule has 0 radical (unpaired) electrons. The fraction of sp³-hybridized carbons (Fsp3) is 0.588. The zero-order valence-corrected chi connectivity index (χ0v) is 13.0. The van der Waals surface area contributed by atoms with Crippen LogP contribution in [0.25, 0.3) is 0 Å². The van der Waals surface area contributed by atoms with Crippen molar-refractivity contribution in [2.75, 3.05) is 20.2 Å². The highest BCUT2D eigenvalue weighted by Gasteiger charge is 2.45. The van der Waals surface area contributed by atoms with E-state index >= 15 is 0 Å². The van der Waals surface area contributed by atoms with Crippen LogP contribution in [0.1, 0.15) is 43.2 Å². The zero-order chi connectivity index (χ0) is 15.6. The van der Waals surface area contributed by atoms with Crippen LogP contribution in [-0.4, -0.2) is 47.3 Å². The Bertz CT molecular complexity index is 483. The molecule has 3 atom stereocenters. The van der Waals surface area contributed by atoms with Crippen molar-refractivity contribution in [3.8, 4) is 0 Å². The van der Waals surface area contributed by atoms with E-state index in [1.807, 2.05) is 0 Å². The predicted octanol–water partition coefficient (Wildman–Crippen LogP) is 1.73. The normalized spacial score (nSPS) is 22.2. The van der Waals surface area contributed by atoms with Crippen LogP contribution in [0.4, 0.5) is 0 Å². The lowest BCUT2D eigenvalue weighted by molar-refractivity contribution is -0.132. The Balaban J connectivity index is 1.93. The van der Waals surface area contributed by atoms with Crippen LogP contribution >= 0.6 is 0 Å². The Morgan fingerprint density at radius 1 is 1.33 bits per heavy atom. The maximum Gasteiger partial charge on any atom is 0.226 e. The number of carbonyl (C=O) groups is 1. The van der Waals surface area contributed by atoms with Gasteiger partial charge in [0.05, 0.1) is 12.7 Å². The minimum Gasteiger partial charge on any atom is -0.394 e. The molecule has 4 nitrogen and oxygen atoms in total. The topological polar surface area (TPSA) is 60.8 Å². The van der Waals surface area contributed by atoms with Gasteiger partial charge in [-0.1, -0.05) is 38.1 Å². The molecule has 116 valence electrons. The number of amides is 1. The van der Waals surface area contributed by atoms with Gasteiger partial charge >= 0.3 is 0 Å². The summed E-state index contributed by atoms with van der Waals surface area (Å²) >= 11 is 0. The summed E-state index contributed by atoms with van der Waals surface area (Å²) in [5.41, 5.74) is 2.53. The third-order valence-corrected chi connectivity index (χ3v) is 4.21. The average Bonchev–Trinajstić information content (AvgIpc) is 3.26. The molecule has 0 aliphatic heterocycles. The Kier molecular flexibility index (Phi) is 5.01. The summed E-state index contributed by atoms with van der Waals surface area (Å²) in [6.45, 7) is 4.20. The van der Waals surface area contributed by atoms with Crippen molar-refractivity contribution in [1.82, 2.24) is 4.90 Å². The van der Waals surface area contributed by atoms with Crippen molar-refractivity contribution in [3.05, 3.63) is 35.4 Å². The number of aliphatic hydroxyl groups excluding tert-OH is 2. The molecular formula is C17H25NO3. The molecule has 0 unspecified atom stereocenters. The summed E-state index contributed by atoms with van der Waals surface area (Å²) in [5, 5.41) is 18.2. The first-order chi connectivity index (χ1) is 9.93. The van der Waals surface area contributed by atoms with Gasteiger partial charge in [-0.05, 0) is 29.4 Å². The second kappa shape index (κ2) is 6.58. The Morgan fingerprint density at radius 3 is 2.48 bits per heavy atom. The maximum atomic E-state index is 12.2. The highest BCUT2D eigenvalue weighted by Crippen LogP contribution is 2.48.